The lowest BCUT2D eigenvalue weighted by Gasteiger charge is -2.40. The van der Waals surface area contributed by atoms with Gasteiger partial charge in [-0.1, -0.05) is 0 Å². The molecule has 0 spiro atoms. The van der Waals surface area contributed by atoms with Gasteiger partial charge in [0.2, 0.25) is 5.91 Å². The van der Waals surface area contributed by atoms with E-state index in [0.29, 0.717) is 18.1 Å². The lowest BCUT2D eigenvalue weighted by atomic mass is 9.82. The second-order valence-corrected chi connectivity index (χ2v) is 6.77. The summed E-state index contributed by atoms with van der Waals surface area (Å²) in [5, 5.41) is 3.52. The van der Waals surface area contributed by atoms with Crippen molar-refractivity contribution in [2.24, 2.45) is 5.92 Å². The maximum atomic E-state index is 12.9. The number of rotatable bonds is 1. The predicted molar refractivity (Wildman–Crippen MR) is 82.1 cm³/mol. The Kier molecular flexibility index (Phi) is 3.62. The molecule has 4 rings (SSSR count). The fourth-order valence-electron chi connectivity index (χ4n) is 4.05. The van der Waals surface area contributed by atoms with Gasteiger partial charge in [0.15, 0.2) is 0 Å². The molecule has 118 valence electrons. The van der Waals surface area contributed by atoms with E-state index in [1.807, 2.05) is 18.0 Å². The number of amides is 1. The Morgan fingerprint density at radius 2 is 2.23 bits per heavy atom. The molecule has 5 nitrogen and oxygen atoms in total. The van der Waals surface area contributed by atoms with E-state index in [9.17, 15) is 4.79 Å². The number of aryl methyl sites for hydroxylation is 1. The minimum Gasteiger partial charge on any atom is -0.375 e. The number of hydrogen-bond acceptors (Lipinski definition) is 4. The van der Waals surface area contributed by atoms with Gasteiger partial charge in [-0.2, -0.15) is 0 Å². The van der Waals surface area contributed by atoms with Crippen molar-refractivity contribution >= 4 is 5.91 Å². The highest BCUT2D eigenvalue weighted by atomic mass is 16.5. The molecule has 0 bridgehead atoms. The van der Waals surface area contributed by atoms with Gasteiger partial charge in [0.1, 0.15) is 0 Å². The highest BCUT2D eigenvalue weighted by molar-refractivity contribution is 5.79. The highest BCUT2D eigenvalue weighted by Gasteiger charge is 2.38. The normalized spacial score (nSPS) is 30.8. The first-order chi connectivity index (χ1) is 10.7. The number of pyridine rings is 1. The zero-order valence-electron chi connectivity index (χ0n) is 13.0. The molecule has 2 aliphatic heterocycles. The molecule has 3 aliphatic rings. The van der Waals surface area contributed by atoms with Gasteiger partial charge in [-0.05, 0) is 43.4 Å². The van der Waals surface area contributed by atoms with Crippen molar-refractivity contribution in [3.05, 3.63) is 29.1 Å². The van der Waals surface area contributed by atoms with E-state index in [1.165, 1.54) is 11.1 Å². The number of carbonyl (C=O) groups is 1. The van der Waals surface area contributed by atoms with E-state index in [2.05, 4.69) is 16.4 Å². The van der Waals surface area contributed by atoms with Crippen LogP contribution in [-0.2, 0) is 22.6 Å². The average Bonchev–Trinajstić information content (AvgIpc) is 2.96. The second kappa shape index (κ2) is 5.63. The van der Waals surface area contributed by atoms with Crippen molar-refractivity contribution in [2.75, 3.05) is 13.2 Å². The van der Waals surface area contributed by atoms with Gasteiger partial charge >= 0.3 is 0 Å². The van der Waals surface area contributed by atoms with Gasteiger partial charge in [-0.3, -0.25) is 9.78 Å². The van der Waals surface area contributed by atoms with Crippen LogP contribution in [0, 0.1) is 12.8 Å². The Bertz CT molecular complexity index is 589. The molecule has 3 atom stereocenters. The lowest BCUT2D eigenvalue weighted by Crippen LogP contribution is -2.53. The topological polar surface area (TPSA) is 54.5 Å². The third kappa shape index (κ3) is 2.52. The fraction of sp³-hybridized carbons (Fsp3) is 0.647. The van der Waals surface area contributed by atoms with Crippen molar-refractivity contribution in [1.29, 1.82) is 0 Å². The Balaban J connectivity index is 1.43. The Labute approximate surface area is 131 Å². The van der Waals surface area contributed by atoms with Crippen molar-refractivity contribution in [2.45, 2.75) is 51.4 Å². The molecular weight excluding hydrogens is 278 g/mol. The number of nitrogens with one attached hydrogen (secondary N) is 1. The molecule has 1 aromatic heterocycles. The lowest BCUT2D eigenvalue weighted by molar-refractivity contribution is -0.139. The number of ether oxygens (including phenoxy) is 1. The van der Waals surface area contributed by atoms with Gasteiger partial charge in [-0.25, -0.2) is 0 Å². The maximum absolute atomic E-state index is 12.9. The molecule has 1 saturated heterocycles. The molecule has 1 aliphatic carbocycles. The number of morpholine rings is 1. The quantitative estimate of drug-likeness (QED) is 0.852. The Hall–Kier alpha value is -1.46. The summed E-state index contributed by atoms with van der Waals surface area (Å²) in [5.41, 5.74) is 3.48. The van der Waals surface area contributed by atoms with Crippen LogP contribution in [0.15, 0.2) is 12.3 Å². The van der Waals surface area contributed by atoms with Crippen LogP contribution in [0.25, 0.3) is 0 Å². The van der Waals surface area contributed by atoms with E-state index in [-0.39, 0.29) is 5.92 Å². The molecule has 1 saturated carbocycles. The summed E-state index contributed by atoms with van der Waals surface area (Å²) in [6.45, 7) is 5.17. The minimum atomic E-state index is 0.138. The molecule has 1 N–H and O–H groups in total. The first-order valence-electron chi connectivity index (χ1n) is 8.29. The molecule has 1 amide bonds. The number of hydrogen-bond donors (Lipinski definition) is 1. The van der Waals surface area contributed by atoms with E-state index < -0.39 is 0 Å². The Morgan fingerprint density at radius 1 is 1.36 bits per heavy atom. The largest absolute Gasteiger partial charge is 0.375 e. The Morgan fingerprint density at radius 3 is 3.14 bits per heavy atom. The van der Waals surface area contributed by atoms with Gasteiger partial charge < -0.3 is 15.0 Å². The van der Waals surface area contributed by atoms with Crippen molar-refractivity contribution in [1.82, 2.24) is 15.2 Å². The molecule has 0 radical (unpaired) electrons. The van der Waals surface area contributed by atoms with Crippen LogP contribution >= 0.6 is 0 Å². The second-order valence-electron chi connectivity index (χ2n) is 6.77. The zero-order valence-corrected chi connectivity index (χ0v) is 13.0. The number of fused-ring (bicyclic) bond motifs is 2. The number of aromatic nitrogens is 1. The summed E-state index contributed by atoms with van der Waals surface area (Å²) < 4.78 is 5.80. The van der Waals surface area contributed by atoms with Crippen LogP contribution in [-0.4, -0.2) is 41.1 Å². The summed E-state index contributed by atoms with van der Waals surface area (Å²) in [5.74, 6) is 0.443. The summed E-state index contributed by atoms with van der Waals surface area (Å²) in [6.07, 6.45) is 5.08. The SMILES string of the molecule is Cc1cc2c(cn1)CN(C(=O)[C@H]1CC[C@H]3OCCN[C@@H]3C1)C2. The van der Waals surface area contributed by atoms with Gasteiger partial charge in [0, 0.05) is 43.5 Å². The highest BCUT2D eigenvalue weighted by Crippen LogP contribution is 2.32. The van der Waals surface area contributed by atoms with Crippen LogP contribution < -0.4 is 5.32 Å². The first-order valence-corrected chi connectivity index (χ1v) is 8.29. The van der Waals surface area contributed by atoms with Crippen LogP contribution in [0.2, 0.25) is 0 Å². The summed E-state index contributed by atoms with van der Waals surface area (Å²) in [6, 6.07) is 2.46. The summed E-state index contributed by atoms with van der Waals surface area (Å²) in [4.78, 5) is 19.2. The van der Waals surface area contributed by atoms with Gasteiger partial charge in [0.05, 0.1) is 12.7 Å². The van der Waals surface area contributed by atoms with E-state index >= 15 is 0 Å². The van der Waals surface area contributed by atoms with Crippen molar-refractivity contribution < 1.29 is 9.53 Å². The van der Waals surface area contributed by atoms with Crippen LogP contribution in [0.5, 0.6) is 0 Å². The summed E-state index contributed by atoms with van der Waals surface area (Å²) >= 11 is 0. The molecule has 5 heteroatoms. The maximum Gasteiger partial charge on any atom is 0.226 e. The van der Waals surface area contributed by atoms with E-state index in [4.69, 9.17) is 4.74 Å². The molecule has 3 heterocycles. The molecule has 22 heavy (non-hydrogen) atoms. The predicted octanol–water partition coefficient (Wildman–Crippen LogP) is 1.39. The van der Waals surface area contributed by atoms with Crippen LogP contribution in [0.4, 0.5) is 0 Å². The van der Waals surface area contributed by atoms with Crippen LogP contribution in [0.3, 0.4) is 0 Å². The summed E-state index contributed by atoms with van der Waals surface area (Å²) in [7, 11) is 0. The molecule has 0 aromatic carbocycles. The third-order valence-corrected chi connectivity index (χ3v) is 5.23. The smallest absolute Gasteiger partial charge is 0.226 e. The zero-order chi connectivity index (χ0) is 15.1. The molecule has 2 fully saturated rings. The van der Waals surface area contributed by atoms with Crippen molar-refractivity contribution in [3.8, 4) is 0 Å². The van der Waals surface area contributed by atoms with E-state index in [1.54, 1.807) is 0 Å². The average molecular weight is 301 g/mol. The minimum absolute atomic E-state index is 0.138. The molecule has 1 aromatic rings. The monoisotopic (exact) mass is 301 g/mol. The van der Waals surface area contributed by atoms with Gasteiger partial charge in [0.25, 0.3) is 0 Å². The standard InChI is InChI=1S/C17H23N3O2/c1-11-6-13-9-20(10-14(13)8-19-11)17(21)12-2-3-16-15(7-12)18-4-5-22-16/h6,8,12,15-16,18H,2-5,7,9-10H2,1H3/t12-,15+,16+/m0/s1. The first kappa shape index (κ1) is 14.2. The third-order valence-electron chi connectivity index (χ3n) is 5.23. The molecular formula is C17H23N3O2. The molecule has 0 unspecified atom stereocenters. The number of nitrogens with zero attached hydrogens (tertiary/aromatic N) is 2. The van der Waals surface area contributed by atoms with Crippen molar-refractivity contribution in [3.63, 3.8) is 0 Å². The van der Waals surface area contributed by atoms with Crippen LogP contribution in [0.1, 0.15) is 36.1 Å². The fourth-order valence-corrected chi connectivity index (χ4v) is 4.05. The van der Waals surface area contributed by atoms with Gasteiger partial charge in [-0.15, -0.1) is 0 Å². The van der Waals surface area contributed by atoms with E-state index in [0.717, 1.165) is 51.2 Å². The number of carbonyl (C=O) groups excluding carboxylic acids is 1.